The molecule has 1 amide bonds. The van der Waals surface area contributed by atoms with Crippen molar-refractivity contribution in [3.8, 4) is 0 Å². The maximum absolute atomic E-state index is 12.4. The number of carbonyl (C=O) groups excluding carboxylic acids is 3. The molecule has 0 aromatic heterocycles. The van der Waals surface area contributed by atoms with Crippen molar-refractivity contribution < 1.29 is 23.9 Å². The molecule has 0 radical (unpaired) electrons. The number of ether oxygens (including phenoxy) is 2. The van der Waals surface area contributed by atoms with E-state index in [0.29, 0.717) is 6.42 Å². The molecular formula is C18H30N6O5. The lowest BCUT2D eigenvalue weighted by Gasteiger charge is -2.27. The normalized spacial score (nSPS) is 22.7. The highest BCUT2D eigenvalue weighted by Crippen LogP contribution is 2.17. The van der Waals surface area contributed by atoms with Crippen molar-refractivity contribution in [2.24, 2.45) is 21.6 Å². The van der Waals surface area contributed by atoms with Crippen LogP contribution in [0.15, 0.2) is 9.98 Å². The summed E-state index contributed by atoms with van der Waals surface area (Å²) in [5.74, 6) is -0.573. The second-order valence-corrected chi connectivity index (χ2v) is 7.54. The molecule has 2 rings (SSSR count). The van der Waals surface area contributed by atoms with E-state index in [4.69, 9.17) is 15.2 Å². The number of hydrogen-bond donors (Lipinski definition) is 3. The lowest BCUT2D eigenvalue weighted by Crippen LogP contribution is -2.54. The number of rotatable bonds is 11. The van der Waals surface area contributed by atoms with Crippen molar-refractivity contribution in [3.05, 3.63) is 0 Å². The Bertz CT molecular complexity index is 680. The number of aliphatic imine (C=N–C) groups is 2. The standard InChI is InChI=1S/C18H30N6O5/c1-10(2)13(21-11(3)7-12(4)25)17(27)29-6-5-28-9-24-8-20-14-15(24)22-18(19)23-16(14)26/h8,10-11,13-15,21H,5-7,9H2,1-4H3,(H3,19,22,23,26)/t11?,13-,14?,15?/m0/s1. The van der Waals surface area contributed by atoms with Crippen LogP contribution < -0.4 is 16.4 Å². The first-order valence-electron chi connectivity index (χ1n) is 9.62. The van der Waals surface area contributed by atoms with Gasteiger partial charge in [0.05, 0.1) is 12.9 Å². The number of Topliss-reactive ketones (excluding diaryl/α,β-unsaturated/α-hetero) is 1. The second kappa shape index (κ2) is 10.3. The summed E-state index contributed by atoms with van der Waals surface area (Å²) in [6.07, 6.45) is 1.33. The van der Waals surface area contributed by atoms with Crippen LogP contribution >= 0.6 is 0 Å². The highest BCUT2D eigenvalue weighted by atomic mass is 16.6. The highest BCUT2D eigenvalue weighted by Gasteiger charge is 2.39. The average Bonchev–Trinajstić information content (AvgIpc) is 3.01. The van der Waals surface area contributed by atoms with E-state index >= 15 is 0 Å². The molecule has 2 heterocycles. The third-order valence-corrected chi connectivity index (χ3v) is 4.48. The average molecular weight is 410 g/mol. The Morgan fingerprint density at radius 3 is 2.72 bits per heavy atom. The molecule has 4 N–H and O–H groups in total. The van der Waals surface area contributed by atoms with Crippen LogP contribution in [0.1, 0.15) is 34.1 Å². The molecule has 0 aromatic rings. The molecule has 162 valence electrons. The molecule has 0 spiro atoms. The van der Waals surface area contributed by atoms with Crippen LogP contribution in [0.4, 0.5) is 0 Å². The van der Waals surface area contributed by atoms with Gasteiger partial charge in [0, 0.05) is 12.5 Å². The number of carbonyl (C=O) groups is 3. The molecule has 2 aliphatic heterocycles. The van der Waals surface area contributed by atoms with Crippen LogP contribution in [0.3, 0.4) is 0 Å². The molecule has 11 heteroatoms. The largest absolute Gasteiger partial charge is 0.462 e. The lowest BCUT2D eigenvalue weighted by molar-refractivity contribution is -0.149. The Labute approximate surface area is 170 Å². The van der Waals surface area contributed by atoms with Crippen molar-refractivity contribution >= 4 is 30.0 Å². The number of nitrogens with one attached hydrogen (secondary N) is 2. The number of nitrogens with zero attached hydrogens (tertiary/aromatic N) is 3. The predicted octanol–water partition coefficient (Wildman–Crippen LogP) is -1.03. The van der Waals surface area contributed by atoms with Gasteiger partial charge in [-0.25, -0.2) is 4.99 Å². The Kier molecular flexibility index (Phi) is 8.09. The molecule has 0 bridgehead atoms. The summed E-state index contributed by atoms with van der Waals surface area (Å²) in [6, 6.07) is -1.26. The first kappa shape index (κ1) is 22.8. The molecule has 0 aromatic carbocycles. The van der Waals surface area contributed by atoms with Gasteiger partial charge in [-0.1, -0.05) is 13.8 Å². The minimum absolute atomic E-state index is 0.0105. The number of fused-ring (bicyclic) bond motifs is 1. The SMILES string of the molecule is CC(=O)CC(C)N[C@H](C(=O)OCCOCN1C=NC2C(=O)NC(N)=NC21)C(C)C. The summed E-state index contributed by atoms with van der Waals surface area (Å²) in [7, 11) is 0. The summed E-state index contributed by atoms with van der Waals surface area (Å²) >= 11 is 0. The van der Waals surface area contributed by atoms with Crippen molar-refractivity contribution in [2.45, 2.75) is 58.4 Å². The fourth-order valence-corrected chi connectivity index (χ4v) is 3.11. The summed E-state index contributed by atoms with van der Waals surface area (Å²) < 4.78 is 10.8. The minimum Gasteiger partial charge on any atom is -0.462 e. The molecular weight excluding hydrogens is 380 g/mol. The Hall–Kier alpha value is -2.53. The summed E-state index contributed by atoms with van der Waals surface area (Å²) in [5, 5.41) is 5.58. The fourth-order valence-electron chi connectivity index (χ4n) is 3.11. The fraction of sp³-hybridized carbons (Fsp3) is 0.722. The van der Waals surface area contributed by atoms with Gasteiger partial charge in [0.15, 0.2) is 18.2 Å². The number of guanidine groups is 1. The Balaban J connectivity index is 1.72. The molecule has 4 atom stereocenters. The molecule has 0 fully saturated rings. The van der Waals surface area contributed by atoms with E-state index < -0.39 is 18.2 Å². The first-order chi connectivity index (χ1) is 13.7. The summed E-state index contributed by atoms with van der Waals surface area (Å²) in [6.45, 7) is 7.58. The van der Waals surface area contributed by atoms with E-state index in [0.717, 1.165) is 0 Å². The number of ketones is 1. The van der Waals surface area contributed by atoms with Crippen molar-refractivity contribution in [2.75, 3.05) is 19.9 Å². The summed E-state index contributed by atoms with van der Waals surface area (Å²) in [5.41, 5.74) is 5.58. The van der Waals surface area contributed by atoms with E-state index in [-0.39, 0.29) is 55.5 Å². The van der Waals surface area contributed by atoms with Crippen LogP contribution in [0, 0.1) is 5.92 Å². The van der Waals surface area contributed by atoms with Gasteiger partial charge >= 0.3 is 5.97 Å². The van der Waals surface area contributed by atoms with Crippen LogP contribution in [-0.2, 0) is 23.9 Å². The van der Waals surface area contributed by atoms with Crippen molar-refractivity contribution in [1.29, 1.82) is 0 Å². The zero-order valence-corrected chi connectivity index (χ0v) is 17.3. The van der Waals surface area contributed by atoms with Gasteiger partial charge in [-0.3, -0.25) is 24.7 Å². The van der Waals surface area contributed by atoms with Gasteiger partial charge in [0.1, 0.15) is 25.2 Å². The zero-order chi connectivity index (χ0) is 21.6. The number of esters is 1. The predicted molar refractivity (Wildman–Crippen MR) is 106 cm³/mol. The lowest BCUT2D eigenvalue weighted by atomic mass is 10.0. The maximum Gasteiger partial charge on any atom is 0.323 e. The van der Waals surface area contributed by atoms with Crippen molar-refractivity contribution in [1.82, 2.24) is 15.5 Å². The van der Waals surface area contributed by atoms with Crippen LogP contribution in [-0.4, -0.2) is 79.1 Å². The second-order valence-electron chi connectivity index (χ2n) is 7.54. The van der Waals surface area contributed by atoms with E-state index in [9.17, 15) is 14.4 Å². The van der Waals surface area contributed by atoms with Gasteiger partial charge in [0.2, 0.25) is 0 Å². The zero-order valence-electron chi connectivity index (χ0n) is 17.3. The Morgan fingerprint density at radius 2 is 2.07 bits per heavy atom. The molecule has 11 nitrogen and oxygen atoms in total. The highest BCUT2D eigenvalue weighted by molar-refractivity contribution is 6.02. The molecule has 29 heavy (non-hydrogen) atoms. The van der Waals surface area contributed by atoms with Crippen LogP contribution in [0.5, 0.6) is 0 Å². The Morgan fingerprint density at radius 1 is 1.34 bits per heavy atom. The summed E-state index contributed by atoms with van der Waals surface area (Å²) in [4.78, 5) is 45.3. The third kappa shape index (κ3) is 6.50. The van der Waals surface area contributed by atoms with Gasteiger partial charge in [-0.2, -0.15) is 0 Å². The number of nitrogens with two attached hydrogens (primary N) is 1. The number of amides is 1. The molecule has 0 saturated heterocycles. The smallest absolute Gasteiger partial charge is 0.323 e. The van der Waals surface area contributed by atoms with E-state index in [1.807, 2.05) is 20.8 Å². The van der Waals surface area contributed by atoms with E-state index in [1.54, 1.807) is 4.90 Å². The molecule has 2 aliphatic rings. The molecule has 0 aliphatic carbocycles. The van der Waals surface area contributed by atoms with Gasteiger partial charge in [-0.15, -0.1) is 0 Å². The van der Waals surface area contributed by atoms with Gasteiger partial charge < -0.3 is 25.4 Å². The molecule has 0 saturated carbocycles. The quantitative estimate of drug-likeness (QED) is 0.289. The topological polar surface area (TPSA) is 148 Å². The third-order valence-electron chi connectivity index (χ3n) is 4.48. The van der Waals surface area contributed by atoms with Crippen LogP contribution in [0.25, 0.3) is 0 Å². The van der Waals surface area contributed by atoms with Crippen LogP contribution in [0.2, 0.25) is 0 Å². The number of hydrogen-bond acceptors (Lipinski definition) is 10. The van der Waals surface area contributed by atoms with E-state index in [2.05, 4.69) is 20.6 Å². The van der Waals surface area contributed by atoms with Gasteiger partial charge in [0.25, 0.3) is 5.91 Å². The first-order valence-corrected chi connectivity index (χ1v) is 9.62. The van der Waals surface area contributed by atoms with E-state index in [1.165, 1.54) is 13.3 Å². The van der Waals surface area contributed by atoms with Gasteiger partial charge in [-0.05, 0) is 19.8 Å². The monoisotopic (exact) mass is 410 g/mol. The maximum atomic E-state index is 12.4. The molecule has 3 unspecified atom stereocenters. The minimum atomic E-state index is -0.640. The van der Waals surface area contributed by atoms with Crippen molar-refractivity contribution in [3.63, 3.8) is 0 Å².